The summed E-state index contributed by atoms with van der Waals surface area (Å²) in [6.45, 7) is 2.83. The van der Waals surface area contributed by atoms with E-state index in [2.05, 4.69) is 9.80 Å². The quantitative estimate of drug-likeness (QED) is 0.839. The second-order valence-electron chi connectivity index (χ2n) is 7.72. The van der Waals surface area contributed by atoms with Crippen LogP contribution in [0.25, 0.3) is 0 Å². The zero-order chi connectivity index (χ0) is 16.6. The first-order chi connectivity index (χ1) is 11.7. The monoisotopic (exact) mass is 330 g/mol. The van der Waals surface area contributed by atoms with E-state index < -0.39 is 0 Å². The van der Waals surface area contributed by atoms with E-state index in [-0.39, 0.29) is 23.3 Å². The number of likely N-dealkylation sites (tertiary alicyclic amines) is 2. The minimum atomic E-state index is -0.236. The molecule has 0 aromatic heterocycles. The molecule has 1 aliphatic carbocycles. The van der Waals surface area contributed by atoms with Gasteiger partial charge in [-0.05, 0) is 75.7 Å². The van der Waals surface area contributed by atoms with Crippen LogP contribution in [0.2, 0.25) is 0 Å². The molecule has 0 N–H and O–H groups in total. The highest BCUT2D eigenvalue weighted by molar-refractivity contribution is 5.84. The molecular weight excluding hydrogens is 303 g/mol. The average Bonchev–Trinajstić information content (AvgIpc) is 3.38. The van der Waals surface area contributed by atoms with Gasteiger partial charge in [0.15, 0.2) is 0 Å². The molecule has 24 heavy (non-hydrogen) atoms. The normalized spacial score (nSPS) is 24.8. The molecule has 3 fully saturated rings. The van der Waals surface area contributed by atoms with Gasteiger partial charge in [-0.15, -0.1) is 0 Å². The van der Waals surface area contributed by atoms with E-state index in [0.717, 1.165) is 63.7 Å². The highest BCUT2D eigenvalue weighted by atomic mass is 19.1. The Kier molecular flexibility index (Phi) is 4.33. The molecular formula is C20H27FN2O. The van der Waals surface area contributed by atoms with Gasteiger partial charge in [-0.1, -0.05) is 18.6 Å². The maximum absolute atomic E-state index is 13.5. The van der Waals surface area contributed by atoms with E-state index in [4.69, 9.17) is 0 Å². The zero-order valence-electron chi connectivity index (χ0n) is 14.3. The van der Waals surface area contributed by atoms with Crippen LogP contribution >= 0.6 is 0 Å². The summed E-state index contributed by atoms with van der Waals surface area (Å²) in [5, 5.41) is 0. The minimum Gasteiger partial charge on any atom is -0.335 e. The molecule has 1 saturated carbocycles. The van der Waals surface area contributed by atoms with Crippen molar-refractivity contribution in [1.82, 2.24) is 9.80 Å². The number of nitrogens with zero attached hydrogens (tertiary/aromatic N) is 2. The van der Waals surface area contributed by atoms with Crippen molar-refractivity contribution >= 4 is 5.91 Å². The number of rotatable bonds is 3. The van der Waals surface area contributed by atoms with E-state index in [9.17, 15) is 9.18 Å². The van der Waals surface area contributed by atoms with Crippen LogP contribution < -0.4 is 0 Å². The first-order valence-electron chi connectivity index (χ1n) is 9.51. The number of hydrogen-bond acceptors (Lipinski definition) is 2. The molecule has 1 aromatic rings. The molecule has 1 atom stereocenters. The summed E-state index contributed by atoms with van der Waals surface area (Å²) in [5.41, 5.74) is 1.10. The van der Waals surface area contributed by atoms with Crippen LogP contribution in [0.4, 0.5) is 4.39 Å². The first kappa shape index (κ1) is 16.1. The fourth-order valence-corrected chi connectivity index (χ4v) is 4.58. The Hall–Kier alpha value is -1.42. The third kappa shape index (κ3) is 2.97. The summed E-state index contributed by atoms with van der Waals surface area (Å²) >= 11 is 0. The maximum atomic E-state index is 13.5. The van der Waals surface area contributed by atoms with Gasteiger partial charge in [-0.3, -0.25) is 9.69 Å². The molecule has 2 aliphatic heterocycles. The van der Waals surface area contributed by atoms with Crippen molar-refractivity contribution in [2.75, 3.05) is 19.6 Å². The second kappa shape index (κ2) is 6.47. The molecule has 1 unspecified atom stereocenters. The average molecular weight is 330 g/mol. The summed E-state index contributed by atoms with van der Waals surface area (Å²) in [6, 6.07) is 6.35. The van der Waals surface area contributed by atoms with E-state index in [1.165, 1.54) is 25.0 Å². The van der Waals surface area contributed by atoms with Crippen molar-refractivity contribution in [3.05, 3.63) is 35.6 Å². The molecule has 2 heterocycles. The lowest BCUT2D eigenvalue weighted by Crippen LogP contribution is -2.51. The lowest BCUT2D eigenvalue weighted by atomic mass is 9.95. The van der Waals surface area contributed by atoms with Gasteiger partial charge in [0.05, 0.1) is 0 Å². The number of benzene rings is 1. The third-order valence-electron chi connectivity index (χ3n) is 6.12. The molecule has 1 spiro atoms. The molecule has 0 radical (unpaired) electrons. The lowest BCUT2D eigenvalue weighted by Gasteiger charge is -2.42. The van der Waals surface area contributed by atoms with Gasteiger partial charge in [-0.25, -0.2) is 4.39 Å². The Morgan fingerprint density at radius 1 is 0.917 bits per heavy atom. The van der Waals surface area contributed by atoms with Crippen molar-refractivity contribution < 1.29 is 9.18 Å². The van der Waals surface area contributed by atoms with Crippen LogP contribution in [0.5, 0.6) is 0 Å². The fraction of sp³-hybridized carbons (Fsp3) is 0.650. The molecule has 0 bridgehead atoms. The molecule has 2 saturated heterocycles. The van der Waals surface area contributed by atoms with E-state index >= 15 is 0 Å². The number of hydrogen-bond donors (Lipinski definition) is 0. The SMILES string of the molecule is O=C(C(c1ccc(F)cc1)N1CCCCC1)N1CCCCC12CC2. The second-order valence-corrected chi connectivity index (χ2v) is 7.72. The van der Waals surface area contributed by atoms with E-state index in [1.54, 1.807) is 12.1 Å². The largest absolute Gasteiger partial charge is 0.335 e. The van der Waals surface area contributed by atoms with Gasteiger partial charge in [-0.2, -0.15) is 0 Å². The predicted octanol–water partition coefficient (Wildman–Crippen LogP) is 3.90. The van der Waals surface area contributed by atoms with Crippen LogP contribution in [-0.4, -0.2) is 40.9 Å². The standard InChI is InChI=1S/C20H27FN2O/c21-17-8-6-16(7-9-17)18(22-13-3-1-4-14-22)19(24)23-15-5-2-10-20(23)11-12-20/h6-9,18H,1-5,10-15H2. The molecule has 1 aromatic carbocycles. The molecule has 130 valence electrons. The van der Waals surface area contributed by atoms with Crippen LogP contribution in [-0.2, 0) is 4.79 Å². The molecule has 3 aliphatic rings. The summed E-state index contributed by atoms with van der Waals surface area (Å²) in [6.07, 6.45) is 9.39. The van der Waals surface area contributed by atoms with Gasteiger partial charge in [0.1, 0.15) is 11.9 Å². The zero-order valence-corrected chi connectivity index (χ0v) is 14.3. The third-order valence-corrected chi connectivity index (χ3v) is 6.12. The first-order valence-corrected chi connectivity index (χ1v) is 9.51. The van der Waals surface area contributed by atoms with Crippen LogP contribution in [0, 0.1) is 5.82 Å². The summed E-state index contributed by atoms with van der Waals surface area (Å²) in [5.74, 6) is 0.0148. The smallest absolute Gasteiger partial charge is 0.244 e. The van der Waals surface area contributed by atoms with Crippen LogP contribution in [0.3, 0.4) is 0 Å². The van der Waals surface area contributed by atoms with Crippen LogP contribution in [0.1, 0.15) is 63.0 Å². The highest BCUT2D eigenvalue weighted by Crippen LogP contribution is 2.49. The van der Waals surface area contributed by atoms with E-state index in [1.807, 2.05) is 0 Å². The van der Waals surface area contributed by atoms with E-state index in [0.29, 0.717) is 0 Å². The number of amides is 1. The van der Waals surface area contributed by atoms with Crippen molar-refractivity contribution in [2.45, 2.75) is 62.9 Å². The van der Waals surface area contributed by atoms with Crippen molar-refractivity contribution in [2.24, 2.45) is 0 Å². The summed E-state index contributed by atoms with van der Waals surface area (Å²) < 4.78 is 13.4. The molecule has 1 amide bonds. The Bertz CT molecular complexity index is 590. The summed E-state index contributed by atoms with van der Waals surface area (Å²) in [4.78, 5) is 18.0. The van der Waals surface area contributed by atoms with Gasteiger partial charge >= 0.3 is 0 Å². The lowest BCUT2D eigenvalue weighted by molar-refractivity contribution is -0.142. The fourth-order valence-electron chi connectivity index (χ4n) is 4.58. The summed E-state index contributed by atoms with van der Waals surface area (Å²) in [7, 11) is 0. The molecule has 4 heteroatoms. The minimum absolute atomic E-state index is 0.156. The van der Waals surface area contributed by atoms with Crippen molar-refractivity contribution in [1.29, 1.82) is 0 Å². The van der Waals surface area contributed by atoms with Crippen molar-refractivity contribution in [3.8, 4) is 0 Å². The van der Waals surface area contributed by atoms with Gasteiger partial charge in [0, 0.05) is 12.1 Å². The number of piperidine rings is 2. The van der Waals surface area contributed by atoms with Crippen LogP contribution in [0.15, 0.2) is 24.3 Å². The number of halogens is 1. The number of carbonyl (C=O) groups excluding carboxylic acids is 1. The Labute approximate surface area is 143 Å². The Morgan fingerprint density at radius 3 is 2.25 bits per heavy atom. The van der Waals surface area contributed by atoms with Gasteiger partial charge in [0.2, 0.25) is 5.91 Å². The Balaban J connectivity index is 1.63. The van der Waals surface area contributed by atoms with Gasteiger partial charge < -0.3 is 4.90 Å². The predicted molar refractivity (Wildman–Crippen MR) is 92.1 cm³/mol. The van der Waals surface area contributed by atoms with Crippen molar-refractivity contribution in [3.63, 3.8) is 0 Å². The molecule has 4 rings (SSSR count). The maximum Gasteiger partial charge on any atom is 0.244 e. The molecule has 3 nitrogen and oxygen atoms in total. The highest BCUT2D eigenvalue weighted by Gasteiger charge is 2.52. The number of carbonyl (C=O) groups is 1. The van der Waals surface area contributed by atoms with Gasteiger partial charge in [0.25, 0.3) is 0 Å². The Morgan fingerprint density at radius 2 is 1.58 bits per heavy atom. The topological polar surface area (TPSA) is 23.6 Å².